The van der Waals surface area contributed by atoms with Crippen molar-refractivity contribution in [3.63, 3.8) is 0 Å². The fraction of sp³-hybridized carbons (Fsp3) is 0.333. The number of hydrogen-bond acceptors (Lipinski definition) is 6. The summed E-state index contributed by atoms with van der Waals surface area (Å²) in [5.74, 6) is 0.629. The third-order valence-electron chi connectivity index (χ3n) is 7.60. The van der Waals surface area contributed by atoms with Crippen LogP contribution in [0.4, 0.5) is 4.39 Å². The van der Waals surface area contributed by atoms with Crippen LogP contribution in [0.5, 0.6) is 5.88 Å². The number of rotatable bonds is 6. The second kappa shape index (κ2) is 9.27. The molecule has 200 valence electrons. The Morgan fingerprint density at radius 1 is 1.00 bits per heavy atom. The summed E-state index contributed by atoms with van der Waals surface area (Å²) in [5.41, 5.74) is 11.0. The number of aromatic nitrogens is 4. The van der Waals surface area contributed by atoms with Crippen LogP contribution in [0, 0.1) is 24.6 Å². The topological polar surface area (TPSA) is 99.2 Å². The lowest BCUT2D eigenvalue weighted by molar-refractivity contribution is 0.0740. The molecule has 2 N–H and O–H groups in total. The molecule has 3 atom stereocenters. The third-order valence-corrected chi connectivity index (χ3v) is 7.60. The van der Waals surface area contributed by atoms with Crippen molar-refractivity contribution in [2.45, 2.75) is 32.4 Å². The Morgan fingerprint density at radius 3 is 2.38 bits per heavy atom. The Bertz CT molecular complexity index is 1550. The van der Waals surface area contributed by atoms with E-state index in [-0.39, 0.29) is 29.7 Å². The van der Waals surface area contributed by atoms with Crippen LogP contribution in [0.15, 0.2) is 60.7 Å². The van der Waals surface area contributed by atoms with Crippen molar-refractivity contribution < 1.29 is 13.9 Å². The lowest BCUT2D eigenvalue weighted by atomic mass is 9.95. The predicted molar refractivity (Wildman–Crippen MR) is 145 cm³/mol. The molecule has 0 bridgehead atoms. The number of fused-ring (bicyclic) bond motifs is 1. The highest BCUT2D eigenvalue weighted by atomic mass is 19.1. The van der Waals surface area contributed by atoms with Crippen molar-refractivity contribution in [1.29, 1.82) is 0 Å². The van der Waals surface area contributed by atoms with Gasteiger partial charge in [-0.3, -0.25) is 14.5 Å². The molecule has 2 aliphatic rings. The second-order valence-electron chi connectivity index (χ2n) is 11.1. The molecule has 1 aliphatic carbocycles. The Labute approximate surface area is 226 Å². The van der Waals surface area contributed by atoms with Gasteiger partial charge in [-0.1, -0.05) is 6.07 Å². The summed E-state index contributed by atoms with van der Waals surface area (Å²) < 4.78 is 21.4. The number of halogens is 1. The molecule has 1 amide bonds. The molecule has 1 aromatic carbocycles. The van der Waals surface area contributed by atoms with Crippen molar-refractivity contribution >= 4 is 5.91 Å². The van der Waals surface area contributed by atoms with Crippen LogP contribution in [0.25, 0.3) is 22.6 Å². The van der Waals surface area contributed by atoms with Gasteiger partial charge in [0.15, 0.2) is 0 Å². The summed E-state index contributed by atoms with van der Waals surface area (Å²) >= 11 is 0. The van der Waals surface area contributed by atoms with Crippen molar-refractivity contribution in [2.24, 2.45) is 24.6 Å². The highest BCUT2D eigenvalue weighted by Gasteiger charge is 2.59. The van der Waals surface area contributed by atoms with Crippen molar-refractivity contribution in [3.05, 3.63) is 83.4 Å². The van der Waals surface area contributed by atoms with E-state index in [0.29, 0.717) is 36.1 Å². The molecule has 0 radical (unpaired) electrons. The Hall–Kier alpha value is -4.11. The molecule has 6 rings (SSSR count). The van der Waals surface area contributed by atoms with Crippen molar-refractivity contribution in [3.8, 4) is 28.5 Å². The molecule has 8 nitrogen and oxygen atoms in total. The van der Waals surface area contributed by atoms with E-state index < -0.39 is 5.54 Å². The number of likely N-dealkylation sites (tertiary alicyclic amines) is 1. The Balaban J connectivity index is 1.16. The number of carbonyl (C=O) groups excluding carboxylic acids is 1. The summed E-state index contributed by atoms with van der Waals surface area (Å²) in [6.07, 6.45) is -0.0163. The minimum Gasteiger partial charge on any atom is -0.474 e. The zero-order valence-corrected chi connectivity index (χ0v) is 22.4. The normalized spacial score (nSPS) is 20.2. The van der Waals surface area contributed by atoms with Gasteiger partial charge >= 0.3 is 0 Å². The summed E-state index contributed by atoms with van der Waals surface area (Å²) in [7, 11) is 1.78. The highest BCUT2D eigenvalue weighted by molar-refractivity contribution is 5.94. The average Bonchev–Trinajstić information content (AvgIpc) is 3.21. The number of benzene rings is 1. The summed E-state index contributed by atoms with van der Waals surface area (Å²) in [5, 5.41) is 4.52. The summed E-state index contributed by atoms with van der Waals surface area (Å²) in [4.78, 5) is 24.4. The molecular weight excluding hydrogens is 495 g/mol. The lowest BCUT2D eigenvalue weighted by Gasteiger charge is -2.22. The average molecular weight is 527 g/mol. The first kappa shape index (κ1) is 25.2. The van der Waals surface area contributed by atoms with E-state index in [2.05, 4.69) is 10.1 Å². The van der Waals surface area contributed by atoms with Crippen LogP contribution < -0.4 is 10.5 Å². The zero-order valence-electron chi connectivity index (χ0n) is 22.4. The molecule has 4 heterocycles. The molecule has 0 spiro atoms. The Morgan fingerprint density at radius 2 is 1.72 bits per heavy atom. The number of nitrogens with two attached hydrogens (primary N) is 1. The lowest BCUT2D eigenvalue weighted by Crippen LogP contribution is -2.34. The molecule has 3 aromatic heterocycles. The molecule has 9 heteroatoms. The maximum absolute atomic E-state index is 13.5. The minimum absolute atomic E-state index is 0.0163. The van der Waals surface area contributed by atoms with Crippen LogP contribution >= 0.6 is 0 Å². The fourth-order valence-electron chi connectivity index (χ4n) is 5.30. The summed E-state index contributed by atoms with van der Waals surface area (Å²) in [6, 6.07) is 17.6. The quantitative estimate of drug-likeness (QED) is 0.401. The van der Waals surface area contributed by atoms with E-state index in [9.17, 15) is 9.18 Å². The first-order chi connectivity index (χ1) is 18.6. The van der Waals surface area contributed by atoms with Gasteiger partial charge in [-0.2, -0.15) is 5.10 Å². The maximum atomic E-state index is 13.5. The first-order valence-electron chi connectivity index (χ1n) is 13.1. The number of carbonyl (C=O) groups is 1. The van der Waals surface area contributed by atoms with Gasteiger partial charge in [0, 0.05) is 54.8 Å². The standard InChI is InChI=1S/C30H31FN6O2/c1-17-6-5-7-23(33-17)25-14-26(36(4)35-25)29(38)37-15-21-22(16-37)28(21)39-27-13-19(30(2,3)32)12-24(34-27)18-8-10-20(31)11-9-18/h5-14,21-22,28H,15-16,32H2,1-4H3/t21-,22+,28?. The molecule has 1 saturated carbocycles. The third kappa shape index (κ3) is 4.90. The number of amides is 1. The van der Waals surface area contributed by atoms with Gasteiger partial charge in [-0.25, -0.2) is 9.37 Å². The second-order valence-corrected chi connectivity index (χ2v) is 11.1. The number of ether oxygens (including phenoxy) is 1. The van der Waals surface area contributed by atoms with Crippen LogP contribution in [0.2, 0.25) is 0 Å². The van der Waals surface area contributed by atoms with Gasteiger partial charge in [-0.15, -0.1) is 0 Å². The zero-order chi connectivity index (χ0) is 27.5. The van der Waals surface area contributed by atoms with Crippen LogP contribution in [0.3, 0.4) is 0 Å². The van der Waals surface area contributed by atoms with E-state index in [1.54, 1.807) is 23.9 Å². The SMILES string of the molecule is Cc1cccc(-c2cc(C(=O)N3C[C@@H]4C(Oc5cc(C(C)(C)N)cc(-c6ccc(F)cc6)n5)[C@@H]4C3)n(C)n2)n1. The molecule has 2 fully saturated rings. The molecule has 4 aromatic rings. The molecular formula is C30H31FN6O2. The number of aryl methyl sites for hydroxylation is 2. The van der Waals surface area contributed by atoms with Gasteiger partial charge in [0.1, 0.15) is 23.3 Å². The number of nitrogens with zero attached hydrogens (tertiary/aromatic N) is 5. The number of pyridine rings is 2. The fourth-order valence-corrected chi connectivity index (χ4v) is 5.30. The first-order valence-corrected chi connectivity index (χ1v) is 13.1. The van der Waals surface area contributed by atoms with E-state index in [4.69, 9.17) is 15.5 Å². The van der Waals surface area contributed by atoms with E-state index in [0.717, 1.165) is 22.5 Å². The molecule has 1 unspecified atom stereocenters. The van der Waals surface area contributed by atoms with Crippen molar-refractivity contribution in [1.82, 2.24) is 24.6 Å². The van der Waals surface area contributed by atoms with E-state index in [1.807, 2.05) is 62.1 Å². The summed E-state index contributed by atoms with van der Waals surface area (Å²) in [6.45, 7) is 7.01. The van der Waals surface area contributed by atoms with Gasteiger partial charge in [0.2, 0.25) is 5.88 Å². The van der Waals surface area contributed by atoms with Crippen LogP contribution in [0.1, 0.15) is 35.6 Å². The number of piperidine rings is 1. The Kier molecular flexibility index (Phi) is 5.99. The smallest absolute Gasteiger partial charge is 0.272 e. The monoisotopic (exact) mass is 526 g/mol. The van der Waals surface area contributed by atoms with Crippen LogP contribution in [-0.2, 0) is 12.6 Å². The highest BCUT2D eigenvalue weighted by Crippen LogP contribution is 2.48. The van der Waals surface area contributed by atoms with E-state index >= 15 is 0 Å². The van der Waals surface area contributed by atoms with Gasteiger partial charge < -0.3 is 15.4 Å². The van der Waals surface area contributed by atoms with Crippen LogP contribution in [-0.4, -0.2) is 49.7 Å². The molecule has 1 aliphatic heterocycles. The van der Waals surface area contributed by atoms with Crippen molar-refractivity contribution in [2.75, 3.05) is 13.1 Å². The molecule has 1 saturated heterocycles. The largest absolute Gasteiger partial charge is 0.474 e. The number of hydrogen-bond donors (Lipinski definition) is 1. The van der Waals surface area contributed by atoms with Gasteiger partial charge in [0.25, 0.3) is 5.91 Å². The van der Waals surface area contributed by atoms with Gasteiger partial charge in [0.05, 0.1) is 11.4 Å². The molecule has 39 heavy (non-hydrogen) atoms. The minimum atomic E-state index is -0.603. The van der Waals surface area contributed by atoms with Gasteiger partial charge in [-0.05, 0) is 74.9 Å². The van der Waals surface area contributed by atoms with E-state index in [1.165, 1.54) is 12.1 Å². The maximum Gasteiger partial charge on any atom is 0.272 e. The predicted octanol–water partition coefficient (Wildman–Crippen LogP) is 4.33.